The maximum atomic E-state index is 9.87. The van der Waals surface area contributed by atoms with Gasteiger partial charge < -0.3 is 5.11 Å². The quantitative estimate of drug-likeness (QED) is 0.561. The summed E-state index contributed by atoms with van der Waals surface area (Å²) in [7, 11) is 0. The molecular formula is C25H32N4O. The average Bonchev–Trinajstić information content (AvgIpc) is 3.27. The van der Waals surface area contributed by atoms with Crippen molar-refractivity contribution in [2.75, 3.05) is 0 Å². The second-order valence-corrected chi connectivity index (χ2v) is 9.59. The molecule has 1 aromatic carbocycles. The predicted octanol–water partition coefficient (Wildman–Crippen LogP) is 5.25. The van der Waals surface area contributed by atoms with Crippen molar-refractivity contribution < 1.29 is 5.11 Å². The van der Waals surface area contributed by atoms with Crippen LogP contribution in [-0.2, 0) is 13.0 Å². The molecule has 2 saturated carbocycles. The van der Waals surface area contributed by atoms with Crippen molar-refractivity contribution in [3.05, 3.63) is 46.8 Å². The Morgan fingerprint density at radius 3 is 2.93 bits per heavy atom. The van der Waals surface area contributed by atoms with Gasteiger partial charge in [-0.15, -0.1) is 0 Å². The maximum Gasteiger partial charge on any atom is 0.115 e. The summed E-state index contributed by atoms with van der Waals surface area (Å²) in [5.41, 5.74) is 6.51. The van der Waals surface area contributed by atoms with Crippen LogP contribution in [0.15, 0.2) is 34.6 Å². The first-order valence-corrected chi connectivity index (χ1v) is 11.5. The van der Waals surface area contributed by atoms with Gasteiger partial charge in [0.1, 0.15) is 5.75 Å². The van der Waals surface area contributed by atoms with Gasteiger partial charge in [0.15, 0.2) is 0 Å². The molecule has 1 N–H and O–H groups in total. The topological polar surface area (TPSA) is 62.8 Å². The van der Waals surface area contributed by atoms with E-state index in [0.717, 1.165) is 36.6 Å². The van der Waals surface area contributed by atoms with Crippen LogP contribution >= 0.6 is 0 Å². The van der Waals surface area contributed by atoms with Crippen molar-refractivity contribution in [3.8, 4) is 5.75 Å². The van der Waals surface area contributed by atoms with Gasteiger partial charge in [0, 0.05) is 28.9 Å². The van der Waals surface area contributed by atoms with Crippen molar-refractivity contribution in [3.63, 3.8) is 0 Å². The van der Waals surface area contributed by atoms with Gasteiger partial charge in [-0.1, -0.05) is 13.0 Å². The highest BCUT2D eigenvalue weighted by atomic mass is 16.3. The minimum atomic E-state index is 0.176. The number of aryl methyl sites for hydroxylation is 2. The lowest BCUT2D eigenvalue weighted by atomic mass is 9.55. The summed E-state index contributed by atoms with van der Waals surface area (Å²) in [6, 6.07) is 6.03. The lowest BCUT2D eigenvalue weighted by Crippen LogP contribution is -2.42. The zero-order valence-electron chi connectivity index (χ0n) is 18.3. The predicted molar refractivity (Wildman–Crippen MR) is 120 cm³/mol. The molecule has 1 aromatic heterocycles. The van der Waals surface area contributed by atoms with Crippen molar-refractivity contribution in [2.24, 2.45) is 27.5 Å². The molecule has 4 unspecified atom stereocenters. The van der Waals surface area contributed by atoms with Crippen molar-refractivity contribution in [1.82, 2.24) is 9.78 Å². The minimum Gasteiger partial charge on any atom is -0.508 e. The summed E-state index contributed by atoms with van der Waals surface area (Å²) >= 11 is 0. The number of nitrogens with zero attached hydrogens (tertiary/aromatic N) is 4. The Hall–Kier alpha value is -2.43. The standard InChI is InChI=1S/C25H32N4O/c1-4-29-16(2)18(15-27-29)14-26-28-24-10-9-23-22-7-5-17-13-19(30)6-8-20(17)21(22)11-12-25(23,24)3/h6,8,13-15,21-23,30H,4-5,7,9-12H2,1-3H3. The zero-order valence-corrected chi connectivity index (χ0v) is 18.3. The van der Waals surface area contributed by atoms with Gasteiger partial charge in [0.2, 0.25) is 0 Å². The van der Waals surface area contributed by atoms with Crippen LogP contribution < -0.4 is 0 Å². The smallest absolute Gasteiger partial charge is 0.115 e. The van der Waals surface area contributed by atoms with E-state index in [1.165, 1.54) is 42.5 Å². The van der Waals surface area contributed by atoms with Gasteiger partial charge in [-0.25, -0.2) is 0 Å². The van der Waals surface area contributed by atoms with Crippen LogP contribution in [0, 0.1) is 24.2 Å². The van der Waals surface area contributed by atoms with Gasteiger partial charge in [0.05, 0.1) is 12.4 Å². The van der Waals surface area contributed by atoms with Gasteiger partial charge in [-0.05, 0) is 93.4 Å². The van der Waals surface area contributed by atoms with E-state index in [9.17, 15) is 5.11 Å². The van der Waals surface area contributed by atoms with Crippen molar-refractivity contribution in [2.45, 2.75) is 71.8 Å². The van der Waals surface area contributed by atoms with Crippen LogP contribution in [0.2, 0.25) is 0 Å². The number of phenols is 1. The summed E-state index contributed by atoms with van der Waals surface area (Å²) in [6.45, 7) is 7.49. The Morgan fingerprint density at radius 2 is 2.13 bits per heavy atom. The molecule has 5 nitrogen and oxygen atoms in total. The number of aromatic nitrogens is 2. The molecule has 4 atom stereocenters. The largest absolute Gasteiger partial charge is 0.508 e. The van der Waals surface area contributed by atoms with Crippen molar-refractivity contribution >= 4 is 11.9 Å². The van der Waals surface area contributed by atoms with Gasteiger partial charge in [-0.2, -0.15) is 15.3 Å². The van der Waals surface area contributed by atoms with E-state index in [0.29, 0.717) is 17.6 Å². The number of phenolic OH excluding ortho intramolecular Hbond substituents is 1. The summed E-state index contributed by atoms with van der Waals surface area (Å²) in [6.07, 6.45) is 10.7. The number of aromatic hydroxyl groups is 1. The molecule has 158 valence electrons. The lowest BCUT2D eigenvalue weighted by molar-refractivity contribution is 0.0955. The molecule has 0 bridgehead atoms. The highest BCUT2D eigenvalue weighted by Crippen LogP contribution is 2.60. The van der Waals surface area contributed by atoms with Crippen LogP contribution in [0.1, 0.15) is 74.3 Å². The first kappa shape index (κ1) is 19.5. The van der Waals surface area contributed by atoms with E-state index in [1.54, 1.807) is 0 Å². The second-order valence-electron chi connectivity index (χ2n) is 9.59. The highest BCUT2D eigenvalue weighted by Gasteiger charge is 2.53. The van der Waals surface area contributed by atoms with E-state index in [2.05, 4.69) is 37.0 Å². The van der Waals surface area contributed by atoms with Gasteiger partial charge in [0.25, 0.3) is 0 Å². The second kappa shape index (κ2) is 7.36. The third-order valence-electron chi connectivity index (χ3n) is 8.27. The monoisotopic (exact) mass is 404 g/mol. The van der Waals surface area contributed by atoms with Gasteiger partial charge in [-0.3, -0.25) is 4.68 Å². The molecular weight excluding hydrogens is 372 g/mol. The van der Waals surface area contributed by atoms with E-state index < -0.39 is 0 Å². The Kier molecular flexibility index (Phi) is 4.79. The van der Waals surface area contributed by atoms with E-state index in [1.807, 2.05) is 29.2 Å². The summed E-state index contributed by atoms with van der Waals surface area (Å²) in [5.74, 6) is 2.46. The Labute approximate surface area is 178 Å². The molecule has 0 radical (unpaired) electrons. The van der Waals surface area contributed by atoms with E-state index >= 15 is 0 Å². The zero-order chi connectivity index (χ0) is 20.9. The summed E-state index contributed by atoms with van der Waals surface area (Å²) in [5, 5.41) is 23.5. The first-order valence-electron chi connectivity index (χ1n) is 11.5. The van der Waals surface area contributed by atoms with Crippen LogP contribution in [0.3, 0.4) is 0 Å². The normalized spacial score (nSPS) is 31.7. The molecule has 2 aromatic rings. The molecule has 5 heteroatoms. The molecule has 2 fully saturated rings. The van der Waals surface area contributed by atoms with Crippen LogP contribution in [0.5, 0.6) is 5.75 Å². The Bertz CT molecular complexity index is 1020. The molecule has 30 heavy (non-hydrogen) atoms. The van der Waals surface area contributed by atoms with Gasteiger partial charge >= 0.3 is 0 Å². The summed E-state index contributed by atoms with van der Waals surface area (Å²) < 4.78 is 1.99. The average molecular weight is 405 g/mol. The number of fused-ring (bicyclic) bond motifs is 5. The highest BCUT2D eigenvalue weighted by molar-refractivity contribution is 5.93. The number of rotatable bonds is 3. The van der Waals surface area contributed by atoms with Crippen molar-refractivity contribution in [1.29, 1.82) is 0 Å². The number of hydrogen-bond donors (Lipinski definition) is 1. The first-order chi connectivity index (χ1) is 14.5. The number of benzene rings is 1. The SMILES string of the molecule is CCn1ncc(C=NN=C2CCC3C4CCc5cc(O)ccc5C4CCC23C)c1C. The molecule has 0 amide bonds. The molecule has 3 aliphatic rings. The van der Waals surface area contributed by atoms with E-state index in [4.69, 9.17) is 5.10 Å². The fraction of sp³-hybridized carbons (Fsp3) is 0.560. The molecule has 3 aliphatic carbocycles. The molecule has 0 aliphatic heterocycles. The fourth-order valence-corrected chi connectivity index (χ4v) is 6.59. The van der Waals surface area contributed by atoms with Crippen LogP contribution in [0.4, 0.5) is 0 Å². The van der Waals surface area contributed by atoms with Crippen LogP contribution in [-0.4, -0.2) is 26.8 Å². The van der Waals surface area contributed by atoms with E-state index in [-0.39, 0.29) is 5.41 Å². The summed E-state index contributed by atoms with van der Waals surface area (Å²) in [4.78, 5) is 0. The lowest BCUT2D eigenvalue weighted by Gasteiger charge is -2.49. The molecule has 1 heterocycles. The number of hydrogen-bond acceptors (Lipinski definition) is 4. The van der Waals surface area contributed by atoms with Crippen LogP contribution in [0.25, 0.3) is 0 Å². The maximum absolute atomic E-state index is 9.87. The third-order valence-corrected chi connectivity index (χ3v) is 8.27. The minimum absolute atomic E-state index is 0.176. The molecule has 5 rings (SSSR count). The Morgan fingerprint density at radius 1 is 1.27 bits per heavy atom. The molecule has 0 saturated heterocycles. The third kappa shape index (κ3) is 3.01. The fourth-order valence-electron chi connectivity index (χ4n) is 6.59. The molecule has 0 spiro atoms. The Balaban J connectivity index is 1.37.